The number of piperidine rings is 1. The number of carboxylic acid groups (broad SMARTS) is 1. The molecule has 112 valence electrons. The molecule has 1 aromatic carbocycles. The van der Waals surface area contributed by atoms with Crippen molar-refractivity contribution >= 4 is 17.1 Å². The van der Waals surface area contributed by atoms with Crippen molar-refractivity contribution in [3.05, 3.63) is 30.0 Å². The fraction of sp³-hybridized carbons (Fsp3) is 0.500. The fourth-order valence-corrected chi connectivity index (χ4v) is 3.43. The van der Waals surface area contributed by atoms with Gasteiger partial charge in [0.25, 0.3) is 0 Å². The van der Waals surface area contributed by atoms with Crippen LogP contribution in [0.2, 0.25) is 0 Å². The van der Waals surface area contributed by atoms with Gasteiger partial charge in [-0.1, -0.05) is 24.2 Å². The van der Waals surface area contributed by atoms with Gasteiger partial charge >= 0.3 is 6.09 Å². The zero-order valence-electron chi connectivity index (χ0n) is 12.2. The van der Waals surface area contributed by atoms with Crippen LogP contribution in [0.3, 0.4) is 0 Å². The number of nitrogens with zero attached hydrogens (tertiary/aromatic N) is 2. The van der Waals surface area contributed by atoms with E-state index < -0.39 is 6.09 Å². The van der Waals surface area contributed by atoms with Crippen molar-refractivity contribution in [1.29, 1.82) is 0 Å². The van der Waals surface area contributed by atoms with Crippen LogP contribution in [0.4, 0.5) is 4.79 Å². The minimum Gasteiger partial charge on any atom is -0.465 e. The molecule has 2 aromatic rings. The van der Waals surface area contributed by atoms with E-state index in [1.165, 1.54) is 0 Å². The van der Waals surface area contributed by atoms with Crippen molar-refractivity contribution in [3.63, 3.8) is 0 Å². The van der Waals surface area contributed by atoms with Crippen LogP contribution < -0.4 is 0 Å². The van der Waals surface area contributed by atoms with Crippen molar-refractivity contribution in [2.45, 2.75) is 44.6 Å². The van der Waals surface area contributed by atoms with Gasteiger partial charge in [-0.15, -0.1) is 0 Å². The zero-order chi connectivity index (χ0) is 14.8. The van der Waals surface area contributed by atoms with Crippen LogP contribution in [-0.4, -0.2) is 33.8 Å². The van der Waals surface area contributed by atoms with E-state index >= 15 is 0 Å². The summed E-state index contributed by atoms with van der Waals surface area (Å²) < 4.78 is 5.40. The first-order valence-electron chi connectivity index (χ1n) is 7.56. The van der Waals surface area contributed by atoms with Crippen molar-refractivity contribution in [1.82, 2.24) is 10.1 Å². The number of hydrogen-bond donors (Lipinski definition) is 1. The second-order valence-corrected chi connectivity index (χ2v) is 5.62. The summed E-state index contributed by atoms with van der Waals surface area (Å²) in [6.45, 7) is 2.70. The third-order valence-corrected chi connectivity index (χ3v) is 4.46. The first-order valence-corrected chi connectivity index (χ1v) is 7.56. The summed E-state index contributed by atoms with van der Waals surface area (Å²) in [5.41, 5.74) is 1.66. The Kier molecular flexibility index (Phi) is 3.82. The highest BCUT2D eigenvalue weighted by Gasteiger charge is 2.35. The predicted octanol–water partition coefficient (Wildman–Crippen LogP) is 3.85. The maximum absolute atomic E-state index is 11.5. The molecule has 1 N–H and O–H groups in total. The molecule has 0 bridgehead atoms. The summed E-state index contributed by atoms with van der Waals surface area (Å²) >= 11 is 0. The van der Waals surface area contributed by atoms with Gasteiger partial charge in [-0.3, -0.25) is 0 Å². The van der Waals surface area contributed by atoms with Gasteiger partial charge < -0.3 is 14.5 Å². The summed E-state index contributed by atoms with van der Waals surface area (Å²) in [4.78, 5) is 13.1. The van der Waals surface area contributed by atoms with Crippen molar-refractivity contribution < 1.29 is 14.4 Å². The van der Waals surface area contributed by atoms with Crippen LogP contribution in [0.15, 0.2) is 28.8 Å². The molecule has 1 amide bonds. The molecule has 1 aromatic heterocycles. The maximum Gasteiger partial charge on any atom is 0.407 e. The fourth-order valence-electron chi connectivity index (χ4n) is 3.43. The number of rotatable bonds is 3. The monoisotopic (exact) mass is 288 g/mol. The number of carbonyl (C=O) groups is 1. The van der Waals surface area contributed by atoms with Gasteiger partial charge in [0.2, 0.25) is 0 Å². The van der Waals surface area contributed by atoms with E-state index in [9.17, 15) is 9.90 Å². The summed E-state index contributed by atoms with van der Waals surface area (Å²) in [7, 11) is 0. The highest BCUT2D eigenvalue weighted by molar-refractivity contribution is 5.80. The first-order chi connectivity index (χ1) is 10.2. The maximum atomic E-state index is 11.5. The molecular formula is C16H20N2O3. The van der Waals surface area contributed by atoms with Crippen LogP contribution in [0.5, 0.6) is 0 Å². The number of fused-ring (bicyclic) bond motifs is 1. The molecule has 1 aliphatic heterocycles. The molecule has 0 spiro atoms. The van der Waals surface area contributed by atoms with Crippen LogP contribution in [0.1, 0.15) is 44.2 Å². The summed E-state index contributed by atoms with van der Waals surface area (Å²) in [5, 5.41) is 14.7. The van der Waals surface area contributed by atoms with E-state index in [1.54, 1.807) is 4.90 Å². The van der Waals surface area contributed by atoms with Crippen molar-refractivity contribution in [3.8, 4) is 0 Å². The van der Waals surface area contributed by atoms with Gasteiger partial charge in [-0.25, -0.2) is 4.79 Å². The van der Waals surface area contributed by atoms with E-state index in [-0.39, 0.29) is 12.0 Å². The molecule has 1 fully saturated rings. The minimum absolute atomic E-state index is 0.00486. The molecule has 0 aliphatic carbocycles. The smallest absolute Gasteiger partial charge is 0.407 e. The van der Waals surface area contributed by atoms with Crippen molar-refractivity contribution in [2.24, 2.45) is 0 Å². The van der Waals surface area contributed by atoms with Crippen molar-refractivity contribution in [2.75, 3.05) is 6.54 Å². The number of likely N-dealkylation sites (tertiary alicyclic amines) is 1. The SMILES string of the molecule is CCC(c1noc2ccccc12)C1CCCCN1C(=O)O. The minimum atomic E-state index is -0.828. The lowest BCUT2D eigenvalue weighted by Crippen LogP contribution is -2.46. The van der Waals surface area contributed by atoms with Crippen LogP contribution >= 0.6 is 0 Å². The standard InChI is InChI=1S/C16H20N2O3/c1-2-11(13-8-5-6-10-18(13)16(19)20)15-12-7-3-4-9-14(12)21-17-15/h3-4,7,9,11,13H,2,5-6,8,10H2,1H3,(H,19,20). The molecule has 5 nitrogen and oxygen atoms in total. The number of benzene rings is 1. The summed E-state index contributed by atoms with van der Waals surface area (Å²) in [5.74, 6) is 0.0880. The molecule has 21 heavy (non-hydrogen) atoms. The van der Waals surface area contributed by atoms with E-state index in [1.807, 2.05) is 24.3 Å². The molecular weight excluding hydrogens is 268 g/mol. The van der Waals surface area contributed by atoms with Gasteiger partial charge in [-0.05, 0) is 37.8 Å². The Morgan fingerprint density at radius 1 is 1.48 bits per heavy atom. The number of amides is 1. The molecule has 2 unspecified atom stereocenters. The molecule has 1 saturated heterocycles. The van der Waals surface area contributed by atoms with E-state index in [0.717, 1.165) is 42.3 Å². The molecule has 3 rings (SSSR count). The average molecular weight is 288 g/mol. The van der Waals surface area contributed by atoms with Crippen LogP contribution in [0, 0.1) is 0 Å². The molecule has 2 atom stereocenters. The number of para-hydroxylation sites is 1. The Morgan fingerprint density at radius 3 is 3.05 bits per heavy atom. The topological polar surface area (TPSA) is 66.6 Å². The highest BCUT2D eigenvalue weighted by atomic mass is 16.5. The Labute approximate surface area is 123 Å². The number of aromatic nitrogens is 1. The van der Waals surface area contributed by atoms with Gasteiger partial charge in [0.15, 0.2) is 5.58 Å². The Hall–Kier alpha value is -2.04. The molecule has 1 aliphatic rings. The van der Waals surface area contributed by atoms with Crippen LogP contribution in [0.25, 0.3) is 11.0 Å². The second kappa shape index (κ2) is 5.76. The second-order valence-electron chi connectivity index (χ2n) is 5.62. The Balaban J connectivity index is 1.98. The Bertz CT molecular complexity index is 637. The largest absolute Gasteiger partial charge is 0.465 e. The molecule has 5 heteroatoms. The third-order valence-electron chi connectivity index (χ3n) is 4.46. The predicted molar refractivity (Wildman–Crippen MR) is 79.4 cm³/mol. The summed E-state index contributed by atoms with van der Waals surface area (Å²) in [6.07, 6.45) is 2.93. The van der Waals surface area contributed by atoms with E-state index in [2.05, 4.69) is 12.1 Å². The van der Waals surface area contributed by atoms with Gasteiger partial charge in [0.1, 0.15) is 0 Å². The average Bonchev–Trinajstić information content (AvgIpc) is 2.93. The highest BCUT2D eigenvalue weighted by Crippen LogP contribution is 2.35. The molecule has 0 radical (unpaired) electrons. The summed E-state index contributed by atoms with van der Waals surface area (Å²) in [6, 6.07) is 7.77. The zero-order valence-corrected chi connectivity index (χ0v) is 12.2. The lowest BCUT2D eigenvalue weighted by molar-refractivity contribution is 0.0943. The van der Waals surface area contributed by atoms with Gasteiger partial charge in [-0.2, -0.15) is 0 Å². The lowest BCUT2D eigenvalue weighted by Gasteiger charge is -2.37. The molecule has 0 saturated carbocycles. The Morgan fingerprint density at radius 2 is 2.29 bits per heavy atom. The van der Waals surface area contributed by atoms with E-state index in [0.29, 0.717) is 6.54 Å². The van der Waals surface area contributed by atoms with Crippen LogP contribution in [-0.2, 0) is 0 Å². The van der Waals surface area contributed by atoms with E-state index in [4.69, 9.17) is 4.52 Å². The first kappa shape index (κ1) is 13.9. The number of hydrogen-bond acceptors (Lipinski definition) is 3. The third kappa shape index (κ3) is 2.48. The molecule has 2 heterocycles. The quantitative estimate of drug-likeness (QED) is 0.931. The van der Waals surface area contributed by atoms with Gasteiger partial charge in [0, 0.05) is 23.9 Å². The normalized spacial score (nSPS) is 20.6. The lowest BCUT2D eigenvalue weighted by atomic mass is 9.85. The van der Waals surface area contributed by atoms with Gasteiger partial charge in [0.05, 0.1) is 5.69 Å².